The van der Waals surface area contributed by atoms with Crippen LogP contribution >= 0.6 is 35.1 Å². The molecule has 1 aliphatic rings. The van der Waals surface area contributed by atoms with Gasteiger partial charge >= 0.3 is 23.5 Å². The quantitative estimate of drug-likeness (QED) is 0.133. The van der Waals surface area contributed by atoms with E-state index in [0.717, 1.165) is 0 Å². The van der Waals surface area contributed by atoms with Gasteiger partial charge in [0.05, 0.1) is 31.3 Å². The van der Waals surface area contributed by atoms with Crippen LogP contribution in [0.25, 0.3) is 11.2 Å². The van der Waals surface area contributed by atoms with Gasteiger partial charge in [0.1, 0.15) is 5.52 Å². The molecule has 0 spiro atoms. The van der Waals surface area contributed by atoms with Crippen LogP contribution in [0.4, 0.5) is 5.95 Å². The molecule has 200 valence electrons. The number of hydrogen-bond donors (Lipinski definition) is 6. The number of nitrogen functional groups attached to an aromatic ring is 1. The fourth-order valence-electron chi connectivity index (χ4n) is 3.63. The molecule has 21 heteroatoms. The van der Waals surface area contributed by atoms with Crippen LogP contribution in [0.5, 0.6) is 0 Å². The zero-order chi connectivity index (χ0) is 27.1. The molecule has 17 nitrogen and oxygen atoms in total. The first-order valence-electron chi connectivity index (χ1n) is 9.68. The summed E-state index contributed by atoms with van der Waals surface area (Å²) in [5.74, 6) is 4.21. The van der Waals surface area contributed by atoms with Crippen LogP contribution in [0, 0.1) is 17.8 Å². The summed E-state index contributed by atoms with van der Waals surface area (Å²) in [5, 5.41) is 10.1. The molecule has 1 saturated heterocycles. The minimum absolute atomic E-state index is 0.0831. The highest BCUT2D eigenvalue weighted by Gasteiger charge is 2.58. The third kappa shape index (κ3) is 6.32. The smallest absolute Gasteiger partial charge is 0.396 e. The number of aliphatic hydroxyl groups excluding tert-OH is 1. The van der Waals surface area contributed by atoms with E-state index in [1.165, 1.54) is 30.9 Å². The SMILES string of the molecule is CC#CC1(Cl)C(CO)[C@@H]([C@H](C)OP(=O)(O)OP(=O)(O)OP(=O)(O)O)O[C@H]1n1cnc2cnc(N)nc21. The first kappa shape index (κ1) is 29.1. The normalized spacial score (nSPS) is 28.7. The number of rotatable bonds is 9. The van der Waals surface area contributed by atoms with Crippen molar-refractivity contribution in [2.24, 2.45) is 5.92 Å². The molecule has 0 radical (unpaired) electrons. The highest BCUT2D eigenvalue weighted by atomic mass is 35.5. The number of nitrogens with two attached hydrogens (primary N) is 1. The van der Waals surface area contributed by atoms with Crippen molar-refractivity contribution in [1.82, 2.24) is 19.5 Å². The summed E-state index contributed by atoms with van der Waals surface area (Å²) < 4.78 is 54.4. The molecule has 2 aromatic rings. The van der Waals surface area contributed by atoms with Gasteiger partial charge in [-0.25, -0.2) is 23.7 Å². The summed E-state index contributed by atoms with van der Waals surface area (Å²) in [6.07, 6.45) is -1.32. The largest absolute Gasteiger partial charge is 0.490 e. The lowest BCUT2D eigenvalue weighted by Crippen LogP contribution is -2.41. The Morgan fingerprint density at radius 3 is 2.50 bits per heavy atom. The Morgan fingerprint density at radius 2 is 1.92 bits per heavy atom. The molecular weight excluding hydrogens is 571 g/mol. The Bertz CT molecular complexity index is 1340. The van der Waals surface area contributed by atoms with Crippen molar-refractivity contribution in [3.05, 3.63) is 12.5 Å². The number of hydrogen-bond acceptors (Lipinski definition) is 12. The van der Waals surface area contributed by atoms with E-state index in [1.807, 2.05) is 0 Å². The monoisotopic (exact) mass is 591 g/mol. The van der Waals surface area contributed by atoms with Crippen molar-refractivity contribution in [2.45, 2.75) is 37.2 Å². The van der Waals surface area contributed by atoms with Crippen molar-refractivity contribution in [1.29, 1.82) is 0 Å². The maximum absolute atomic E-state index is 12.3. The number of alkyl halides is 1. The van der Waals surface area contributed by atoms with Crippen LogP contribution in [0.15, 0.2) is 12.5 Å². The summed E-state index contributed by atoms with van der Waals surface area (Å²) in [4.78, 5) is 47.0. The molecule has 1 aliphatic heterocycles. The van der Waals surface area contributed by atoms with Gasteiger partial charge in [-0.3, -0.25) is 9.09 Å². The van der Waals surface area contributed by atoms with Gasteiger partial charge in [0.2, 0.25) is 5.95 Å². The van der Waals surface area contributed by atoms with Crippen molar-refractivity contribution in [2.75, 3.05) is 12.3 Å². The van der Waals surface area contributed by atoms with E-state index >= 15 is 0 Å². The molecule has 1 fully saturated rings. The van der Waals surface area contributed by atoms with Gasteiger partial charge in [-0.1, -0.05) is 17.5 Å². The highest BCUT2D eigenvalue weighted by Crippen LogP contribution is 2.67. The van der Waals surface area contributed by atoms with Gasteiger partial charge in [0, 0.05) is 5.92 Å². The average molecular weight is 592 g/mol. The number of phosphoric ester groups is 1. The maximum atomic E-state index is 12.3. The number of imidazole rings is 1. The molecule has 0 amide bonds. The van der Waals surface area contributed by atoms with Gasteiger partial charge in [0.15, 0.2) is 16.7 Å². The number of aliphatic hydroxyl groups is 1. The lowest BCUT2D eigenvalue weighted by atomic mass is 9.87. The number of ether oxygens (including phenoxy) is 1. The second-order valence-corrected chi connectivity index (χ2v) is 12.4. The predicted octanol–water partition coefficient (Wildman–Crippen LogP) is 0.647. The third-order valence-corrected chi connectivity index (χ3v) is 9.35. The van der Waals surface area contributed by atoms with Crippen LogP contribution < -0.4 is 5.73 Å². The van der Waals surface area contributed by atoms with Crippen LogP contribution in [0.2, 0.25) is 0 Å². The zero-order valence-electron chi connectivity index (χ0n) is 18.4. The van der Waals surface area contributed by atoms with Crippen molar-refractivity contribution in [3.63, 3.8) is 0 Å². The van der Waals surface area contributed by atoms with Crippen molar-refractivity contribution in [3.8, 4) is 11.8 Å². The Labute approximate surface area is 208 Å². The summed E-state index contributed by atoms with van der Waals surface area (Å²) in [5.41, 5.74) is 6.19. The number of fused-ring (bicyclic) bond motifs is 1. The van der Waals surface area contributed by atoms with Crippen LogP contribution in [-0.2, 0) is 31.6 Å². The van der Waals surface area contributed by atoms with Crippen LogP contribution in [0.1, 0.15) is 20.1 Å². The van der Waals surface area contributed by atoms with E-state index in [2.05, 4.69) is 35.4 Å². The number of phosphoric acid groups is 3. The molecule has 7 atom stereocenters. The van der Waals surface area contributed by atoms with Crippen molar-refractivity contribution >= 4 is 52.2 Å². The lowest BCUT2D eigenvalue weighted by Gasteiger charge is -2.29. The van der Waals surface area contributed by atoms with Gasteiger partial charge in [0.25, 0.3) is 0 Å². The Hall–Kier alpha value is -1.47. The van der Waals surface area contributed by atoms with Gasteiger partial charge < -0.3 is 35.2 Å². The van der Waals surface area contributed by atoms with Gasteiger partial charge in [-0.05, 0) is 13.8 Å². The second-order valence-electron chi connectivity index (χ2n) is 7.38. The van der Waals surface area contributed by atoms with Crippen LogP contribution in [-0.4, -0.2) is 67.9 Å². The molecule has 2 aromatic heterocycles. The molecule has 0 bridgehead atoms. The maximum Gasteiger partial charge on any atom is 0.490 e. The first-order chi connectivity index (χ1) is 16.5. The van der Waals surface area contributed by atoms with E-state index in [9.17, 15) is 28.6 Å². The number of nitrogens with zero attached hydrogens (tertiary/aromatic N) is 4. The molecule has 0 aliphatic carbocycles. The van der Waals surface area contributed by atoms with E-state index < -0.39 is 59.3 Å². The van der Waals surface area contributed by atoms with E-state index in [-0.39, 0.29) is 11.6 Å². The summed E-state index contributed by atoms with van der Waals surface area (Å²) in [7, 11) is -16.8. The summed E-state index contributed by atoms with van der Waals surface area (Å²) >= 11 is 6.83. The molecule has 3 rings (SSSR count). The van der Waals surface area contributed by atoms with Gasteiger partial charge in [-0.2, -0.15) is 13.6 Å². The Kier molecular flexibility index (Phi) is 8.37. The zero-order valence-corrected chi connectivity index (χ0v) is 21.8. The second kappa shape index (κ2) is 10.4. The first-order valence-corrected chi connectivity index (χ1v) is 14.6. The number of aromatic nitrogens is 4. The van der Waals surface area contributed by atoms with E-state index in [0.29, 0.717) is 5.52 Å². The summed E-state index contributed by atoms with van der Waals surface area (Å²) in [6, 6.07) is 0. The number of anilines is 1. The highest BCUT2D eigenvalue weighted by molar-refractivity contribution is 7.66. The third-order valence-electron chi connectivity index (χ3n) is 4.86. The molecule has 36 heavy (non-hydrogen) atoms. The van der Waals surface area contributed by atoms with Crippen molar-refractivity contribution < 1.29 is 56.3 Å². The number of halogens is 1. The molecular formula is C15H21ClN5O12P3. The molecule has 0 aromatic carbocycles. The minimum Gasteiger partial charge on any atom is -0.396 e. The lowest BCUT2D eigenvalue weighted by molar-refractivity contribution is -0.0641. The predicted molar refractivity (Wildman–Crippen MR) is 121 cm³/mol. The van der Waals surface area contributed by atoms with Gasteiger partial charge in [-0.15, -0.1) is 5.92 Å². The molecule has 4 unspecified atom stereocenters. The Balaban J connectivity index is 1.93. The molecule has 0 saturated carbocycles. The topological polar surface area (TPSA) is 259 Å². The van der Waals surface area contributed by atoms with Crippen LogP contribution in [0.3, 0.4) is 0 Å². The van der Waals surface area contributed by atoms with E-state index in [4.69, 9.17) is 36.4 Å². The fraction of sp³-hybridized carbons (Fsp3) is 0.533. The minimum atomic E-state index is -5.74. The standard InChI is InChI=1S/C15H21ClN5O12P3/c1-3-4-15(16)9(6-22)11(8(2)31-35(26,27)33-36(28,29)32-34(23,24)25)30-13(15)21-7-19-10-5-18-14(17)20-12(10)21/h5,7-9,11,13,22H,6H2,1-2H3,(H,26,27)(H,28,29)(H2,17,18,20)(H2,23,24,25)/t8-,9?,11+,13+,15?/m0/s1. The Morgan fingerprint density at radius 1 is 1.25 bits per heavy atom. The molecule has 7 N–H and O–H groups in total. The average Bonchev–Trinajstić information content (AvgIpc) is 3.22. The van der Waals surface area contributed by atoms with E-state index in [1.54, 1.807) is 0 Å². The summed E-state index contributed by atoms with van der Waals surface area (Å²) in [6.45, 7) is 2.01. The fourth-order valence-corrected chi connectivity index (χ4v) is 7.28. The molecule has 3 heterocycles.